The normalized spacial score (nSPS) is 22.0. The molecule has 1 aliphatic carbocycles. The number of nitrogens with zero attached hydrogens (tertiary/aromatic N) is 2. The largest absolute Gasteiger partial charge is 0.506 e. The minimum absolute atomic E-state index is 0.0212. The van der Waals surface area contributed by atoms with Crippen LogP contribution in [0.25, 0.3) is 5.57 Å². The van der Waals surface area contributed by atoms with E-state index in [1.165, 1.54) is 24.8 Å². The fourth-order valence-electron chi connectivity index (χ4n) is 4.26. The summed E-state index contributed by atoms with van der Waals surface area (Å²) in [4.78, 5) is 37.0. The number of anilines is 1. The van der Waals surface area contributed by atoms with Crippen LogP contribution in [-0.2, 0) is 29.3 Å². The van der Waals surface area contributed by atoms with Crippen molar-refractivity contribution in [2.24, 2.45) is 5.92 Å². The summed E-state index contributed by atoms with van der Waals surface area (Å²) in [6.45, 7) is 1.87. The molecule has 0 unspecified atom stereocenters. The Morgan fingerprint density at radius 3 is 2.54 bits per heavy atom. The zero-order valence-electron chi connectivity index (χ0n) is 19.2. The van der Waals surface area contributed by atoms with Gasteiger partial charge in [-0.1, -0.05) is 18.9 Å². The van der Waals surface area contributed by atoms with Gasteiger partial charge in [-0.3, -0.25) is 14.5 Å². The van der Waals surface area contributed by atoms with E-state index in [-0.39, 0.29) is 12.1 Å². The Morgan fingerprint density at radius 1 is 1.23 bits per heavy atom. The van der Waals surface area contributed by atoms with E-state index in [0.29, 0.717) is 22.2 Å². The maximum Gasteiger partial charge on any atom is 0.413 e. The van der Waals surface area contributed by atoms with E-state index in [0.717, 1.165) is 25.3 Å². The summed E-state index contributed by atoms with van der Waals surface area (Å²) >= 11 is 0. The molecule has 0 bridgehead atoms. The number of rotatable bonds is 7. The van der Waals surface area contributed by atoms with Crippen LogP contribution in [0.4, 0.5) is 14.9 Å². The zero-order chi connectivity index (χ0) is 25.5. The van der Waals surface area contributed by atoms with E-state index in [2.05, 4.69) is 0 Å². The molecule has 2 N–H and O–H groups in total. The van der Waals surface area contributed by atoms with Gasteiger partial charge in [0.05, 0.1) is 12.6 Å². The molecule has 2 heterocycles. The summed E-state index contributed by atoms with van der Waals surface area (Å²) in [5.41, 5.74) is -0.287. The maximum atomic E-state index is 15.6. The zero-order valence-corrected chi connectivity index (χ0v) is 20.0. The van der Waals surface area contributed by atoms with Gasteiger partial charge in [-0.15, -0.1) is 0 Å². The Morgan fingerprint density at radius 2 is 1.94 bits per heavy atom. The maximum absolute atomic E-state index is 15.6. The number of carbonyl (C=O) groups excluding carboxylic acids is 3. The smallest absolute Gasteiger partial charge is 0.413 e. The van der Waals surface area contributed by atoms with Gasteiger partial charge in [0.1, 0.15) is 18.0 Å². The molecule has 35 heavy (non-hydrogen) atoms. The van der Waals surface area contributed by atoms with E-state index in [9.17, 15) is 27.9 Å². The number of phenolic OH excluding ortho intramolecular Hbond substituents is 1. The molecule has 1 aromatic rings. The summed E-state index contributed by atoms with van der Waals surface area (Å²) in [5, 5.41) is 10.2. The standard InChI is InChI=1S/C22H26FN3O8S/c1-12(27)33-13(2)34-22(30)25-10-15(9-16(25)6-5-14-3-4-14)17-7-8-18(28)21(20(17)23)26-11-19(29)24-35(26,31)32/h7-9,13-14,16,28H,3-6,10-11H2,1-2H3,(H,24,29)/t13-,16+/m1/s1. The molecule has 1 saturated carbocycles. The van der Waals surface area contributed by atoms with Gasteiger partial charge in [0.25, 0.3) is 5.91 Å². The molecule has 0 spiro atoms. The number of carbonyl (C=O) groups is 3. The molecule has 1 saturated heterocycles. The Bertz CT molecular complexity index is 1200. The molecule has 2 aliphatic heterocycles. The van der Waals surface area contributed by atoms with Crippen molar-refractivity contribution in [3.05, 3.63) is 29.6 Å². The van der Waals surface area contributed by atoms with Crippen LogP contribution in [-0.4, -0.2) is 61.8 Å². The number of esters is 1. The Hall–Kier alpha value is -3.35. The molecule has 2 fully saturated rings. The predicted molar refractivity (Wildman–Crippen MR) is 121 cm³/mol. The van der Waals surface area contributed by atoms with Crippen LogP contribution in [0.2, 0.25) is 0 Å². The van der Waals surface area contributed by atoms with Crippen LogP contribution in [0.5, 0.6) is 5.75 Å². The van der Waals surface area contributed by atoms with Gasteiger partial charge in [-0.05, 0) is 36.5 Å². The lowest BCUT2D eigenvalue weighted by Crippen LogP contribution is -2.39. The Labute approximate surface area is 201 Å². The molecule has 11 nitrogen and oxygen atoms in total. The second-order valence-electron chi connectivity index (χ2n) is 8.80. The van der Waals surface area contributed by atoms with Gasteiger partial charge in [0, 0.05) is 19.4 Å². The third-order valence-corrected chi connectivity index (χ3v) is 7.42. The third-order valence-electron chi connectivity index (χ3n) is 6.05. The summed E-state index contributed by atoms with van der Waals surface area (Å²) in [7, 11) is -4.36. The van der Waals surface area contributed by atoms with Crippen LogP contribution in [0.1, 0.15) is 45.1 Å². The lowest BCUT2D eigenvalue weighted by Gasteiger charge is -2.26. The number of phenols is 1. The van der Waals surface area contributed by atoms with Gasteiger partial charge < -0.3 is 14.6 Å². The fourth-order valence-corrected chi connectivity index (χ4v) is 5.42. The number of hydrogen-bond donors (Lipinski definition) is 2. The Balaban J connectivity index is 1.62. The van der Waals surface area contributed by atoms with Gasteiger partial charge in [0.15, 0.2) is 5.82 Å². The molecular formula is C22H26FN3O8S. The van der Waals surface area contributed by atoms with Gasteiger partial charge in [-0.2, -0.15) is 8.42 Å². The number of nitrogens with one attached hydrogen (secondary N) is 1. The molecule has 13 heteroatoms. The lowest BCUT2D eigenvalue weighted by atomic mass is 10.0. The molecule has 1 aromatic carbocycles. The van der Waals surface area contributed by atoms with E-state index >= 15 is 4.39 Å². The summed E-state index contributed by atoms with van der Waals surface area (Å²) in [5.74, 6) is -2.58. The molecule has 3 aliphatic rings. The van der Waals surface area contributed by atoms with E-state index in [4.69, 9.17) is 9.47 Å². The average Bonchev–Trinajstić information content (AvgIpc) is 3.41. The van der Waals surface area contributed by atoms with Gasteiger partial charge in [0.2, 0.25) is 6.29 Å². The Kier molecular flexibility index (Phi) is 6.62. The highest BCUT2D eigenvalue weighted by Crippen LogP contribution is 2.40. The first kappa shape index (κ1) is 24.8. The molecule has 2 amide bonds. The number of ether oxygens (including phenoxy) is 2. The third kappa shape index (κ3) is 5.34. The first-order chi connectivity index (χ1) is 16.5. The summed E-state index contributed by atoms with van der Waals surface area (Å²) in [6.07, 6.45) is 3.55. The number of amides is 2. The number of benzene rings is 1. The van der Waals surface area contributed by atoms with Gasteiger partial charge in [-0.25, -0.2) is 18.2 Å². The first-order valence-corrected chi connectivity index (χ1v) is 12.6. The van der Waals surface area contributed by atoms with E-state index in [1.54, 1.807) is 10.8 Å². The highest BCUT2D eigenvalue weighted by Gasteiger charge is 2.39. The molecule has 0 aromatic heterocycles. The van der Waals surface area contributed by atoms with E-state index < -0.39 is 64.3 Å². The minimum atomic E-state index is -4.36. The molecule has 0 radical (unpaired) electrons. The summed E-state index contributed by atoms with van der Waals surface area (Å²) in [6, 6.07) is 2.00. The topological polar surface area (TPSA) is 143 Å². The van der Waals surface area contributed by atoms with Crippen LogP contribution < -0.4 is 9.03 Å². The van der Waals surface area contributed by atoms with Crippen molar-refractivity contribution >= 4 is 39.4 Å². The van der Waals surface area contributed by atoms with Crippen molar-refractivity contribution in [2.75, 3.05) is 17.4 Å². The highest BCUT2D eigenvalue weighted by molar-refractivity contribution is 7.92. The number of hydrogen-bond acceptors (Lipinski definition) is 8. The average molecular weight is 512 g/mol. The van der Waals surface area contributed by atoms with Crippen LogP contribution >= 0.6 is 0 Å². The van der Waals surface area contributed by atoms with Crippen LogP contribution in [0.15, 0.2) is 18.2 Å². The SMILES string of the molecule is CC(=O)O[C@@H](C)OC(=O)N1CC(c2ccc(O)c(N3CC(=O)NS3(=O)=O)c2F)=C[C@@H]1CCC1CC1. The van der Waals surface area contributed by atoms with Crippen molar-refractivity contribution in [3.8, 4) is 5.75 Å². The first-order valence-electron chi connectivity index (χ1n) is 11.2. The highest BCUT2D eigenvalue weighted by atomic mass is 32.2. The second kappa shape index (κ2) is 9.36. The quantitative estimate of drug-likeness (QED) is 0.418. The number of halogens is 1. The predicted octanol–water partition coefficient (Wildman–Crippen LogP) is 2.02. The monoisotopic (exact) mass is 511 g/mol. The van der Waals surface area contributed by atoms with E-state index in [1.807, 2.05) is 0 Å². The molecule has 2 atom stereocenters. The van der Waals surface area contributed by atoms with Crippen molar-refractivity contribution < 1.29 is 41.8 Å². The van der Waals surface area contributed by atoms with Crippen LogP contribution in [0.3, 0.4) is 0 Å². The van der Waals surface area contributed by atoms with Crippen molar-refractivity contribution in [1.82, 2.24) is 9.62 Å². The van der Waals surface area contributed by atoms with Crippen LogP contribution in [0, 0.1) is 11.7 Å². The minimum Gasteiger partial charge on any atom is -0.506 e. The fraction of sp³-hybridized carbons (Fsp3) is 0.500. The molecular weight excluding hydrogens is 485 g/mol. The molecule has 4 rings (SSSR count). The number of aromatic hydroxyl groups is 1. The summed E-state index contributed by atoms with van der Waals surface area (Å²) < 4.78 is 52.4. The van der Waals surface area contributed by atoms with Crippen molar-refractivity contribution in [3.63, 3.8) is 0 Å². The van der Waals surface area contributed by atoms with Gasteiger partial charge >= 0.3 is 22.3 Å². The second-order valence-corrected chi connectivity index (χ2v) is 10.4. The van der Waals surface area contributed by atoms with Crippen molar-refractivity contribution in [1.29, 1.82) is 0 Å². The van der Waals surface area contributed by atoms with Crippen molar-refractivity contribution in [2.45, 2.75) is 51.9 Å². The lowest BCUT2D eigenvalue weighted by molar-refractivity contribution is -0.163. The molecule has 190 valence electrons.